The minimum absolute atomic E-state index is 0.129. The van der Waals surface area contributed by atoms with Crippen LogP contribution in [0.25, 0.3) is 5.65 Å². The van der Waals surface area contributed by atoms with Gasteiger partial charge in [-0.1, -0.05) is 4.49 Å². The zero-order valence-corrected chi connectivity index (χ0v) is 21.3. The maximum Gasteiger partial charge on any atom is 0.289 e. The van der Waals surface area contributed by atoms with Crippen LogP contribution in [0.2, 0.25) is 0 Å². The van der Waals surface area contributed by atoms with E-state index in [0.29, 0.717) is 53.5 Å². The molecule has 0 bridgehead atoms. The fourth-order valence-corrected chi connectivity index (χ4v) is 5.53. The second-order valence-corrected chi connectivity index (χ2v) is 10.1. The SMILES string of the molecule is Cc1cc2nnc(C(=O)N3CCC(c4nc(C(=O)NNC(=O)c5snnc5C)cs4)CC3)c(C)n2n1. The first-order valence-corrected chi connectivity index (χ1v) is 12.8. The van der Waals surface area contributed by atoms with Gasteiger partial charge in [0.15, 0.2) is 11.3 Å². The first-order valence-electron chi connectivity index (χ1n) is 11.2. The van der Waals surface area contributed by atoms with Crippen LogP contribution in [0.1, 0.15) is 71.5 Å². The predicted molar refractivity (Wildman–Crippen MR) is 130 cm³/mol. The van der Waals surface area contributed by atoms with E-state index in [1.165, 1.54) is 11.3 Å². The summed E-state index contributed by atoms with van der Waals surface area (Å²) in [6, 6.07) is 1.82. The summed E-state index contributed by atoms with van der Waals surface area (Å²) in [5.74, 6) is -1.03. The van der Waals surface area contributed by atoms with E-state index < -0.39 is 11.8 Å². The van der Waals surface area contributed by atoms with Crippen LogP contribution in [-0.2, 0) is 0 Å². The fraction of sp³-hybridized carbons (Fsp3) is 0.381. The summed E-state index contributed by atoms with van der Waals surface area (Å²) in [5.41, 5.74) is 7.82. The molecule has 1 fully saturated rings. The molecule has 2 N–H and O–H groups in total. The molecule has 1 aliphatic heterocycles. The molecule has 4 aromatic heterocycles. The number of aryl methyl sites for hydroxylation is 3. The third-order valence-electron chi connectivity index (χ3n) is 5.96. The molecule has 1 saturated heterocycles. The molecular weight excluding hydrogens is 504 g/mol. The zero-order chi connectivity index (χ0) is 25.4. The highest BCUT2D eigenvalue weighted by atomic mass is 32.1. The van der Waals surface area contributed by atoms with Gasteiger partial charge < -0.3 is 4.90 Å². The number of rotatable bonds is 4. The van der Waals surface area contributed by atoms with E-state index in [4.69, 9.17) is 0 Å². The number of piperidine rings is 1. The second-order valence-electron chi connectivity index (χ2n) is 8.42. The molecule has 0 radical (unpaired) electrons. The van der Waals surface area contributed by atoms with E-state index in [-0.39, 0.29) is 17.5 Å². The Hall–Kier alpha value is -3.85. The van der Waals surface area contributed by atoms with Gasteiger partial charge in [0.05, 0.1) is 22.1 Å². The van der Waals surface area contributed by atoms with E-state index >= 15 is 0 Å². The van der Waals surface area contributed by atoms with Crippen molar-refractivity contribution in [3.8, 4) is 0 Å². The number of hydrogen-bond acceptors (Lipinski definition) is 11. The number of nitrogens with one attached hydrogen (secondary N) is 2. The minimum atomic E-state index is -0.508. The van der Waals surface area contributed by atoms with E-state index in [0.717, 1.165) is 22.2 Å². The average molecular weight is 527 g/mol. The molecule has 0 atom stereocenters. The van der Waals surface area contributed by atoms with Crippen LogP contribution in [-0.4, -0.2) is 70.1 Å². The molecule has 1 aliphatic rings. The first-order chi connectivity index (χ1) is 17.3. The van der Waals surface area contributed by atoms with Crippen molar-refractivity contribution in [2.24, 2.45) is 0 Å². The zero-order valence-electron chi connectivity index (χ0n) is 19.7. The Kier molecular flexibility index (Phi) is 6.40. The number of thiazole rings is 1. The molecule has 15 heteroatoms. The third kappa shape index (κ3) is 4.54. The summed E-state index contributed by atoms with van der Waals surface area (Å²) in [6.45, 7) is 6.43. The van der Waals surface area contributed by atoms with Crippen LogP contribution in [0.3, 0.4) is 0 Å². The lowest BCUT2D eigenvalue weighted by Crippen LogP contribution is -2.41. The third-order valence-corrected chi connectivity index (χ3v) is 7.80. The summed E-state index contributed by atoms with van der Waals surface area (Å²) in [5, 5.41) is 18.9. The standard InChI is InChI=1S/C21H22N10O3S2/c1-10-8-15-24-25-16(12(3)31(15)28-10)21(34)30-6-4-13(5-7-30)20-22-14(9-35-20)18(32)26-27-19(33)17-11(2)23-29-36-17/h8-9,13H,4-7H2,1-3H3,(H,26,32)(H,27,33). The van der Waals surface area contributed by atoms with Gasteiger partial charge in [-0.05, 0) is 45.1 Å². The van der Waals surface area contributed by atoms with Crippen LogP contribution >= 0.6 is 22.9 Å². The van der Waals surface area contributed by atoms with Crippen molar-refractivity contribution in [3.05, 3.63) is 49.8 Å². The van der Waals surface area contributed by atoms with Gasteiger partial charge in [-0.25, -0.2) is 9.50 Å². The lowest BCUT2D eigenvalue weighted by molar-refractivity contribution is 0.0703. The molecule has 0 saturated carbocycles. The Morgan fingerprint density at radius 3 is 2.50 bits per heavy atom. The lowest BCUT2D eigenvalue weighted by atomic mass is 9.97. The molecule has 36 heavy (non-hydrogen) atoms. The molecule has 0 unspecified atom stereocenters. The number of carbonyl (C=O) groups excluding carboxylic acids is 3. The summed E-state index contributed by atoms with van der Waals surface area (Å²) >= 11 is 2.34. The number of fused-ring (bicyclic) bond motifs is 1. The predicted octanol–water partition coefficient (Wildman–Crippen LogP) is 1.45. The Morgan fingerprint density at radius 2 is 1.78 bits per heavy atom. The highest BCUT2D eigenvalue weighted by Crippen LogP contribution is 2.31. The molecule has 0 aromatic carbocycles. The van der Waals surface area contributed by atoms with Gasteiger partial charge in [0.1, 0.15) is 10.6 Å². The molecule has 186 valence electrons. The van der Waals surface area contributed by atoms with Crippen molar-refractivity contribution in [2.45, 2.75) is 39.5 Å². The van der Waals surface area contributed by atoms with Gasteiger partial charge in [0.25, 0.3) is 17.7 Å². The van der Waals surface area contributed by atoms with Crippen molar-refractivity contribution < 1.29 is 14.4 Å². The van der Waals surface area contributed by atoms with Crippen LogP contribution in [0.5, 0.6) is 0 Å². The van der Waals surface area contributed by atoms with Crippen molar-refractivity contribution in [1.82, 2.24) is 50.1 Å². The van der Waals surface area contributed by atoms with Crippen molar-refractivity contribution >= 4 is 46.2 Å². The summed E-state index contributed by atoms with van der Waals surface area (Å²) < 4.78 is 5.35. The summed E-state index contributed by atoms with van der Waals surface area (Å²) in [4.78, 5) is 44.3. The number of aromatic nitrogens is 7. The van der Waals surface area contributed by atoms with Crippen LogP contribution in [0.15, 0.2) is 11.4 Å². The highest BCUT2D eigenvalue weighted by molar-refractivity contribution is 7.10. The molecule has 0 aliphatic carbocycles. The van der Waals surface area contributed by atoms with E-state index in [1.54, 1.807) is 21.7 Å². The average Bonchev–Trinajstić information content (AvgIpc) is 3.62. The maximum absolute atomic E-state index is 13.1. The molecule has 4 aromatic rings. The Labute approximate surface area is 213 Å². The second kappa shape index (κ2) is 9.66. The van der Waals surface area contributed by atoms with E-state index in [2.05, 4.69) is 40.7 Å². The topological polar surface area (TPSA) is 160 Å². The number of carbonyl (C=O) groups is 3. The van der Waals surface area contributed by atoms with Gasteiger partial charge in [0, 0.05) is 30.5 Å². The number of hydrogen-bond donors (Lipinski definition) is 2. The van der Waals surface area contributed by atoms with E-state index in [1.807, 2.05) is 19.9 Å². The Balaban J connectivity index is 1.18. The molecule has 5 rings (SSSR count). The highest BCUT2D eigenvalue weighted by Gasteiger charge is 2.29. The van der Waals surface area contributed by atoms with Crippen LogP contribution in [0.4, 0.5) is 0 Å². The number of amides is 3. The lowest BCUT2D eigenvalue weighted by Gasteiger charge is -2.31. The quantitative estimate of drug-likeness (QED) is 0.375. The van der Waals surface area contributed by atoms with Gasteiger partial charge in [-0.2, -0.15) is 5.10 Å². The number of nitrogens with zero attached hydrogens (tertiary/aromatic N) is 8. The number of likely N-dealkylation sites (tertiary alicyclic amines) is 1. The monoisotopic (exact) mass is 526 g/mol. The summed E-state index contributed by atoms with van der Waals surface area (Å²) in [7, 11) is 0. The number of hydrazine groups is 1. The van der Waals surface area contributed by atoms with Gasteiger partial charge in [-0.3, -0.25) is 25.2 Å². The van der Waals surface area contributed by atoms with Gasteiger partial charge in [0.2, 0.25) is 0 Å². The van der Waals surface area contributed by atoms with Gasteiger partial charge in [-0.15, -0.1) is 26.6 Å². The van der Waals surface area contributed by atoms with Crippen molar-refractivity contribution in [3.63, 3.8) is 0 Å². The van der Waals surface area contributed by atoms with E-state index in [9.17, 15) is 14.4 Å². The Morgan fingerprint density at radius 1 is 1.03 bits per heavy atom. The molecular formula is C21H22N10O3S2. The largest absolute Gasteiger partial charge is 0.337 e. The molecule has 0 spiro atoms. The summed E-state index contributed by atoms with van der Waals surface area (Å²) in [6.07, 6.45) is 1.43. The molecule has 13 nitrogen and oxygen atoms in total. The fourth-order valence-electron chi connectivity index (χ4n) is 4.01. The first kappa shape index (κ1) is 23.9. The maximum atomic E-state index is 13.1. The smallest absolute Gasteiger partial charge is 0.289 e. The Bertz CT molecular complexity index is 1470. The van der Waals surface area contributed by atoms with Crippen molar-refractivity contribution in [2.75, 3.05) is 13.1 Å². The van der Waals surface area contributed by atoms with Crippen LogP contribution in [0, 0.1) is 20.8 Å². The molecule has 5 heterocycles. The minimum Gasteiger partial charge on any atom is -0.337 e. The normalized spacial score (nSPS) is 14.2. The van der Waals surface area contributed by atoms with Crippen LogP contribution < -0.4 is 10.9 Å². The molecule has 3 amide bonds. The van der Waals surface area contributed by atoms with Crippen molar-refractivity contribution in [1.29, 1.82) is 0 Å². The van der Waals surface area contributed by atoms with Gasteiger partial charge >= 0.3 is 0 Å².